The maximum Gasteiger partial charge on any atom is 0.193 e. The van der Waals surface area contributed by atoms with Crippen LogP contribution in [0.15, 0.2) is 16.5 Å². The molecule has 0 aliphatic rings. The monoisotopic (exact) mass is 189 g/mol. The van der Waals surface area contributed by atoms with E-state index in [1.807, 2.05) is 19.9 Å². The molecule has 0 saturated heterocycles. The van der Waals surface area contributed by atoms with Crippen molar-refractivity contribution >= 4 is 11.6 Å². The number of hydrogen-bond acceptors (Lipinski definition) is 3. The summed E-state index contributed by atoms with van der Waals surface area (Å²) in [4.78, 5) is 4.57. The molecule has 0 unspecified atom stereocenters. The van der Waals surface area contributed by atoms with E-state index in [1.165, 1.54) is 0 Å². The molecule has 0 radical (unpaired) electrons. The van der Waals surface area contributed by atoms with Gasteiger partial charge in [0.2, 0.25) is 0 Å². The van der Waals surface area contributed by atoms with Crippen molar-refractivity contribution in [3.63, 3.8) is 0 Å². The van der Waals surface area contributed by atoms with Crippen LogP contribution < -0.4 is 5.90 Å². The van der Waals surface area contributed by atoms with E-state index in [-0.39, 0.29) is 5.41 Å². The van der Waals surface area contributed by atoms with Crippen LogP contribution in [-0.4, -0.2) is 6.61 Å². The first-order valence-corrected chi connectivity index (χ1v) is 4.01. The molecule has 2 N–H and O–H groups in total. The molecule has 68 valence electrons. The van der Waals surface area contributed by atoms with Gasteiger partial charge >= 0.3 is 0 Å². The Bertz CT molecular complexity index is 257. The third kappa shape index (κ3) is 2.00. The van der Waals surface area contributed by atoms with Gasteiger partial charge in [-0.05, 0) is 23.7 Å². The highest BCUT2D eigenvalue weighted by Crippen LogP contribution is 2.26. The van der Waals surface area contributed by atoms with E-state index in [1.54, 1.807) is 6.07 Å². The molecular weight excluding hydrogens is 178 g/mol. The van der Waals surface area contributed by atoms with Gasteiger partial charge in [-0.3, -0.25) is 0 Å². The minimum Gasteiger partial charge on any atom is -0.449 e. The second kappa shape index (κ2) is 3.47. The Morgan fingerprint density at radius 1 is 1.58 bits per heavy atom. The Hall–Kier alpha value is -0.510. The molecule has 12 heavy (non-hydrogen) atoms. The van der Waals surface area contributed by atoms with Crippen LogP contribution in [0.5, 0.6) is 0 Å². The molecule has 0 aliphatic heterocycles. The predicted molar refractivity (Wildman–Crippen MR) is 46.9 cm³/mol. The first-order valence-electron chi connectivity index (χ1n) is 3.64. The quantitative estimate of drug-likeness (QED) is 0.741. The Kier molecular flexibility index (Phi) is 2.77. The first-order chi connectivity index (χ1) is 5.56. The third-order valence-electron chi connectivity index (χ3n) is 1.68. The summed E-state index contributed by atoms with van der Waals surface area (Å²) >= 11 is 5.63. The average Bonchev–Trinajstić information content (AvgIpc) is 2.36. The molecule has 0 bridgehead atoms. The molecule has 1 aromatic rings. The Balaban J connectivity index is 2.81. The molecule has 0 aliphatic carbocycles. The zero-order chi connectivity index (χ0) is 9.19. The molecule has 3 nitrogen and oxygen atoms in total. The van der Waals surface area contributed by atoms with Gasteiger partial charge in [-0.15, -0.1) is 0 Å². The number of hydrogen-bond donors (Lipinski definition) is 1. The molecular formula is C8H12ClNO2. The van der Waals surface area contributed by atoms with Crippen molar-refractivity contribution in [2.24, 2.45) is 5.90 Å². The molecule has 0 spiro atoms. The summed E-state index contributed by atoms with van der Waals surface area (Å²) in [7, 11) is 0. The fourth-order valence-electron chi connectivity index (χ4n) is 0.957. The van der Waals surface area contributed by atoms with Crippen molar-refractivity contribution in [1.82, 2.24) is 0 Å². The van der Waals surface area contributed by atoms with Crippen LogP contribution >= 0.6 is 11.6 Å². The van der Waals surface area contributed by atoms with Gasteiger partial charge in [-0.2, -0.15) is 0 Å². The lowest BCUT2D eigenvalue weighted by Crippen LogP contribution is -2.25. The minimum absolute atomic E-state index is 0.234. The Labute approximate surface area is 76.4 Å². The highest BCUT2D eigenvalue weighted by molar-refractivity contribution is 6.28. The van der Waals surface area contributed by atoms with Gasteiger partial charge in [0.25, 0.3) is 0 Å². The normalized spacial score (nSPS) is 12.0. The standard InChI is InChI=1S/C8H12ClNO2/c1-8(2,5-11-10)6-3-4-7(9)12-6/h3-4H,5,10H2,1-2H3. The number of halogens is 1. The van der Waals surface area contributed by atoms with E-state index < -0.39 is 0 Å². The van der Waals surface area contributed by atoms with Crippen molar-refractivity contribution < 1.29 is 9.25 Å². The van der Waals surface area contributed by atoms with E-state index in [0.717, 1.165) is 5.76 Å². The maximum absolute atomic E-state index is 5.63. The van der Waals surface area contributed by atoms with Crippen molar-refractivity contribution in [3.05, 3.63) is 23.1 Å². The van der Waals surface area contributed by atoms with Crippen LogP contribution in [-0.2, 0) is 10.3 Å². The van der Waals surface area contributed by atoms with Crippen LogP contribution in [0, 0.1) is 0 Å². The summed E-state index contributed by atoms with van der Waals surface area (Å²) < 4.78 is 5.23. The molecule has 0 amide bonds. The highest BCUT2D eigenvalue weighted by atomic mass is 35.5. The largest absolute Gasteiger partial charge is 0.449 e. The van der Waals surface area contributed by atoms with Crippen LogP contribution in [0.25, 0.3) is 0 Å². The lowest BCUT2D eigenvalue weighted by molar-refractivity contribution is 0.0879. The fourth-order valence-corrected chi connectivity index (χ4v) is 1.10. The smallest absolute Gasteiger partial charge is 0.193 e. The molecule has 4 heteroatoms. The zero-order valence-corrected chi connectivity index (χ0v) is 7.89. The SMILES string of the molecule is CC(C)(CON)c1ccc(Cl)o1. The predicted octanol–water partition coefficient (Wildman–Crippen LogP) is 2.10. The van der Waals surface area contributed by atoms with Gasteiger partial charge in [-0.25, -0.2) is 5.90 Å². The van der Waals surface area contributed by atoms with E-state index in [0.29, 0.717) is 11.8 Å². The lowest BCUT2D eigenvalue weighted by atomic mass is 9.92. The lowest BCUT2D eigenvalue weighted by Gasteiger charge is -2.19. The maximum atomic E-state index is 5.63. The molecule has 0 saturated carbocycles. The fraction of sp³-hybridized carbons (Fsp3) is 0.500. The molecule has 0 aromatic carbocycles. The summed E-state index contributed by atoms with van der Waals surface area (Å²) in [5.74, 6) is 5.76. The molecule has 0 fully saturated rings. The molecule has 0 atom stereocenters. The summed E-state index contributed by atoms with van der Waals surface area (Å²) in [5.41, 5.74) is -0.234. The van der Waals surface area contributed by atoms with Gasteiger partial charge in [0.1, 0.15) is 5.76 Å². The van der Waals surface area contributed by atoms with Crippen LogP contribution in [0.3, 0.4) is 0 Å². The Morgan fingerprint density at radius 2 is 2.25 bits per heavy atom. The second-order valence-electron chi connectivity index (χ2n) is 3.30. The number of nitrogens with two attached hydrogens (primary N) is 1. The first kappa shape index (κ1) is 9.58. The third-order valence-corrected chi connectivity index (χ3v) is 1.89. The van der Waals surface area contributed by atoms with Gasteiger partial charge in [0.05, 0.1) is 6.61 Å². The van der Waals surface area contributed by atoms with Gasteiger partial charge < -0.3 is 9.25 Å². The van der Waals surface area contributed by atoms with E-state index in [2.05, 4.69) is 4.84 Å². The molecule has 1 rings (SSSR count). The highest BCUT2D eigenvalue weighted by Gasteiger charge is 2.24. The molecule has 1 heterocycles. The van der Waals surface area contributed by atoms with E-state index >= 15 is 0 Å². The average molecular weight is 190 g/mol. The summed E-state index contributed by atoms with van der Waals surface area (Å²) in [6, 6.07) is 3.52. The second-order valence-corrected chi connectivity index (χ2v) is 3.67. The van der Waals surface area contributed by atoms with Gasteiger partial charge in [0.15, 0.2) is 5.22 Å². The topological polar surface area (TPSA) is 48.4 Å². The van der Waals surface area contributed by atoms with Crippen molar-refractivity contribution in [2.45, 2.75) is 19.3 Å². The number of furan rings is 1. The van der Waals surface area contributed by atoms with Crippen molar-refractivity contribution in [1.29, 1.82) is 0 Å². The minimum atomic E-state index is -0.234. The van der Waals surface area contributed by atoms with Crippen LogP contribution in [0.2, 0.25) is 5.22 Å². The van der Waals surface area contributed by atoms with Gasteiger partial charge in [-0.1, -0.05) is 13.8 Å². The van der Waals surface area contributed by atoms with Gasteiger partial charge in [0, 0.05) is 5.41 Å². The van der Waals surface area contributed by atoms with Crippen molar-refractivity contribution in [3.8, 4) is 0 Å². The van der Waals surface area contributed by atoms with Crippen LogP contribution in [0.1, 0.15) is 19.6 Å². The van der Waals surface area contributed by atoms with Crippen molar-refractivity contribution in [2.75, 3.05) is 6.61 Å². The van der Waals surface area contributed by atoms with E-state index in [4.69, 9.17) is 21.9 Å². The Morgan fingerprint density at radius 3 is 2.67 bits per heavy atom. The zero-order valence-electron chi connectivity index (χ0n) is 7.13. The molecule has 1 aromatic heterocycles. The summed E-state index contributed by atoms with van der Waals surface area (Å²) in [6.07, 6.45) is 0. The summed E-state index contributed by atoms with van der Waals surface area (Å²) in [5, 5.41) is 0.384. The van der Waals surface area contributed by atoms with E-state index in [9.17, 15) is 0 Å². The van der Waals surface area contributed by atoms with Crippen LogP contribution in [0.4, 0.5) is 0 Å². The summed E-state index contributed by atoms with van der Waals surface area (Å²) in [6.45, 7) is 4.33. The number of rotatable bonds is 3.